The van der Waals surface area contributed by atoms with E-state index in [9.17, 15) is 0 Å². The van der Waals surface area contributed by atoms with Crippen LogP contribution in [0.15, 0.2) is 0 Å². The molecular formula is C12H25N. The topological polar surface area (TPSA) is 12.0 Å². The Morgan fingerprint density at radius 1 is 1.23 bits per heavy atom. The predicted molar refractivity (Wildman–Crippen MR) is 58.8 cm³/mol. The lowest BCUT2D eigenvalue weighted by Crippen LogP contribution is -2.21. The fourth-order valence-corrected chi connectivity index (χ4v) is 2.57. The highest BCUT2D eigenvalue weighted by molar-refractivity contribution is 4.72. The minimum Gasteiger partial charge on any atom is -0.319 e. The summed E-state index contributed by atoms with van der Waals surface area (Å²) in [7, 11) is 2.06. The average molecular weight is 183 g/mol. The maximum absolute atomic E-state index is 3.27. The van der Waals surface area contributed by atoms with Crippen molar-refractivity contribution >= 4 is 0 Å². The molecule has 1 unspecified atom stereocenters. The van der Waals surface area contributed by atoms with E-state index in [4.69, 9.17) is 0 Å². The van der Waals surface area contributed by atoms with Gasteiger partial charge in [-0.05, 0) is 37.8 Å². The second kappa shape index (κ2) is 5.64. The molecule has 0 heterocycles. The van der Waals surface area contributed by atoms with E-state index in [2.05, 4.69) is 26.2 Å². The largest absolute Gasteiger partial charge is 0.319 e. The third-order valence-corrected chi connectivity index (χ3v) is 3.42. The van der Waals surface area contributed by atoms with E-state index < -0.39 is 0 Å². The molecule has 1 saturated carbocycles. The lowest BCUT2D eigenvalue weighted by atomic mass is 9.79. The van der Waals surface area contributed by atoms with Crippen molar-refractivity contribution in [3.8, 4) is 0 Å². The van der Waals surface area contributed by atoms with Gasteiger partial charge >= 0.3 is 0 Å². The summed E-state index contributed by atoms with van der Waals surface area (Å²) in [6.07, 6.45) is 7.34. The van der Waals surface area contributed by atoms with Gasteiger partial charge in [-0.1, -0.05) is 39.5 Å². The van der Waals surface area contributed by atoms with Crippen LogP contribution in [0.2, 0.25) is 0 Å². The molecular weight excluding hydrogens is 158 g/mol. The SMILES string of the molecule is CNCC(C)CC1CCC(C)CC1. The highest BCUT2D eigenvalue weighted by Gasteiger charge is 2.19. The molecule has 0 amide bonds. The molecule has 0 spiro atoms. The van der Waals surface area contributed by atoms with Crippen LogP contribution in [0, 0.1) is 17.8 Å². The summed E-state index contributed by atoms with van der Waals surface area (Å²) in [5.74, 6) is 2.89. The van der Waals surface area contributed by atoms with E-state index in [-0.39, 0.29) is 0 Å². The van der Waals surface area contributed by atoms with Gasteiger partial charge < -0.3 is 5.32 Å². The minimum absolute atomic E-state index is 0.864. The predicted octanol–water partition coefficient (Wildman–Crippen LogP) is 3.06. The fraction of sp³-hybridized carbons (Fsp3) is 1.00. The molecule has 0 aromatic carbocycles. The monoisotopic (exact) mass is 183 g/mol. The summed E-state index contributed by atoms with van der Waals surface area (Å²) in [6, 6.07) is 0. The smallest absolute Gasteiger partial charge is 0.00261 e. The third-order valence-electron chi connectivity index (χ3n) is 3.42. The molecule has 78 valence electrons. The summed E-state index contributed by atoms with van der Waals surface area (Å²) >= 11 is 0. The van der Waals surface area contributed by atoms with E-state index in [1.165, 1.54) is 38.6 Å². The first-order chi connectivity index (χ1) is 6.22. The maximum atomic E-state index is 3.27. The van der Waals surface area contributed by atoms with Gasteiger partial charge in [0.1, 0.15) is 0 Å². The van der Waals surface area contributed by atoms with Gasteiger partial charge in [-0.15, -0.1) is 0 Å². The second-order valence-corrected chi connectivity index (χ2v) is 5.02. The standard InChI is InChI=1S/C12H25N/c1-10-4-6-12(7-5-10)8-11(2)9-13-3/h10-13H,4-9H2,1-3H3. The van der Waals surface area contributed by atoms with Crippen LogP contribution in [0.5, 0.6) is 0 Å². The summed E-state index contributed by atoms with van der Waals surface area (Å²) in [5.41, 5.74) is 0. The Bertz CT molecular complexity index is 125. The Hall–Kier alpha value is -0.0400. The van der Waals surface area contributed by atoms with Crippen LogP contribution in [0.25, 0.3) is 0 Å². The van der Waals surface area contributed by atoms with Crippen LogP contribution in [-0.4, -0.2) is 13.6 Å². The first-order valence-corrected chi connectivity index (χ1v) is 5.87. The third kappa shape index (κ3) is 4.12. The Kier molecular flexibility index (Phi) is 4.79. The van der Waals surface area contributed by atoms with Crippen LogP contribution < -0.4 is 5.32 Å². The van der Waals surface area contributed by atoms with E-state index in [0.717, 1.165) is 17.8 Å². The molecule has 13 heavy (non-hydrogen) atoms. The molecule has 1 aliphatic carbocycles. The van der Waals surface area contributed by atoms with Gasteiger partial charge in [0.15, 0.2) is 0 Å². The summed E-state index contributed by atoms with van der Waals surface area (Å²) in [6.45, 7) is 5.95. The Labute approximate surface area is 83.3 Å². The Morgan fingerprint density at radius 2 is 1.85 bits per heavy atom. The van der Waals surface area contributed by atoms with Gasteiger partial charge in [-0.2, -0.15) is 0 Å². The van der Waals surface area contributed by atoms with Crippen molar-refractivity contribution < 1.29 is 0 Å². The number of hydrogen-bond acceptors (Lipinski definition) is 1. The zero-order valence-corrected chi connectivity index (χ0v) is 9.47. The van der Waals surface area contributed by atoms with Gasteiger partial charge in [0.2, 0.25) is 0 Å². The molecule has 1 atom stereocenters. The molecule has 0 aromatic rings. The highest BCUT2D eigenvalue weighted by atomic mass is 14.8. The molecule has 1 rings (SSSR count). The van der Waals surface area contributed by atoms with Crippen molar-refractivity contribution in [1.29, 1.82) is 0 Å². The van der Waals surface area contributed by atoms with Gasteiger partial charge in [-0.3, -0.25) is 0 Å². The maximum Gasteiger partial charge on any atom is -0.00261 e. The van der Waals surface area contributed by atoms with Crippen molar-refractivity contribution in [2.45, 2.75) is 46.0 Å². The molecule has 0 aromatic heterocycles. The van der Waals surface area contributed by atoms with Crippen LogP contribution >= 0.6 is 0 Å². The van der Waals surface area contributed by atoms with Crippen molar-refractivity contribution in [3.63, 3.8) is 0 Å². The molecule has 1 fully saturated rings. The molecule has 1 nitrogen and oxygen atoms in total. The highest BCUT2D eigenvalue weighted by Crippen LogP contribution is 2.32. The van der Waals surface area contributed by atoms with Gasteiger partial charge in [0, 0.05) is 0 Å². The fourth-order valence-electron chi connectivity index (χ4n) is 2.57. The van der Waals surface area contributed by atoms with E-state index >= 15 is 0 Å². The average Bonchev–Trinajstić information content (AvgIpc) is 2.09. The first-order valence-electron chi connectivity index (χ1n) is 5.87. The second-order valence-electron chi connectivity index (χ2n) is 5.02. The first kappa shape index (κ1) is 11.0. The summed E-state index contributed by atoms with van der Waals surface area (Å²) in [5, 5.41) is 3.27. The van der Waals surface area contributed by atoms with Gasteiger partial charge in [-0.25, -0.2) is 0 Å². The van der Waals surface area contributed by atoms with E-state index in [1.807, 2.05) is 0 Å². The lowest BCUT2D eigenvalue weighted by molar-refractivity contribution is 0.250. The molecule has 1 N–H and O–H groups in total. The number of rotatable bonds is 4. The van der Waals surface area contributed by atoms with Crippen molar-refractivity contribution in [2.75, 3.05) is 13.6 Å². The summed E-state index contributed by atoms with van der Waals surface area (Å²) in [4.78, 5) is 0. The normalized spacial score (nSPS) is 31.6. The van der Waals surface area contributed by atoms with Crippen LogP contribution in [0.1, 0.15) is 46.0 Å². The van der Waals surface area contributed by atoms with Crippen molar-refractivity contribution in [3.05, 3.63) is 0 Å². The molecule has 0 radical (unpaired) electrons. The minimum atomic E-state index is 0.864. The summed E-state index contributed by atoms with van der Waals surface area (Å²) < 4.78 is 0. The molecule has 0 aliphatic heterocycles. The zero-order chi connectivity index (χ0) is 9.68. The number of nitrogens with one attached hydrogen (secondary N) is 1. The molecule has 0 saturated heterocycles. The Morgan fingerprint density at radius 3 is 2.38 bits per heavy atom. The lowest BCUT2D eigenvalue weighted by Gasteiger charge is -2.28. The van der Waals surface area contributed by atoms with Crippen LogP contribution in [0.3, 0.4) is 0 Å². The van der Waals surface area contributed by atoms with Gasteiger partial charge in [0.05, 0.1) is 0 Å². The van der Waals surface area contributed by atoms with E-state index in [0.29, 0.717) is 0 Å². The quantitative estimate of drug-likeness (QED) is 0.706. The zero-order valence-electron chi connectivity index (χ0n) is 9.47. The molecule has 0 bridgehead atoms. The molecule has 1 aliphatic rings. The number of hydrogen-bond donors (Lipinski definition) is 1. The van der Waals surface area contributed by atoms with E-state index in [1.54, 1.807) is 0 Å². The van der Waals surface area contributed by atoms with Crippen molar-refractivity contribution in [2.24, 2.45) is 17.8 Å². The van der Waals surface area contributed by atoms with Gasteiger partial charge in [0.25, 0.3) is 0 Å². The molecule has 1 heteroatoms. The van der Waals surface area contributed by atoms with Crippen LogP contribution in [-0.2, 0) is 0 Å². The Balaban J connectivity index is 2.14. The van der Waals surface area contributed by atoms with Crippen molar-refractivity contribution in [1.82, 2.24) is 5.32 Å². The van der Waals surface area contributed by atoms with Crippen LogP contribution in [0.4, 0.5) is 0 Å².